The monoisotopic (exact) mass is 254 g/mol. The zero-order chi connectivity index (χ0) is 13.1. The van der Waals surface area contributed by atoms with Crippen LogP contribution in [0.25, 0.3) is 5.65 Å². The Morgan fingerprint density at radius 1 is 1.16 bits per heavy atom. The molecule has 5 nitrogen and oxygen atoms in total. The molecule has 0 saturated heterocycles. The summed E-state index contributed by atoms with van der Waals surface area (Å²) in [4.78, 5) is 8.43. The van der Waals surface area contributed by atoms with Crippen LogP contribution in [-0.2, 0) is 6.54 Å². The van der Waals surface area contributed by atoms with Crippen LogP contribution in [-0.4, -0.2) is 21.5 Å². The standard InChI is InChI=1S/C14H14N4O/c1-19-14-11(4-3-7-16-14)10-17-13-6-2-5-12-15-8-9-18(12)13/h2-9,17H,10H2,1H3. The van der Waals surface area contributed by atoms with Gasteiger partial charge in [-0.1, -0.05) is 12.1 Å². The SMILES string of the molecule is COc1ncccc1CNc1cccc2nccn12. The first-order valence-electron chi connectivity index (χ1n) is 6.02. The van der Waals surface area contributed by atoms with Gasteiger partial charge >= 0.3 is 0 Å². The van der Waals surface area contributed by atoms with Gasteiger partial charge in [-0.2, -0.15) is 0 Å². The minimum absolute atomic E-state index is 0.646. The van der Waals surface area contributed by atoms with Crippen molar-refractivity contribution in [3.8, 4) is 5.88 Å². The molecule has 0 unspecified atom stereocenters. The van der Waals surface area contributed by atoms with Crippen molar-refractivity contribution in [1.82, 2.24) is 14.4 Å². The number of anilines is 1. The summed E-state index contributed by atoms with van der Waals surface area (Å²) in [5, 5.41) is 3.37. The number of nitrogens with zero attached hydrogens (tertiary/aromatic N) is 3. The second-order valence-corrected chi connectivity index (χ2v) is 4.09. The molecule has 3 heterocycles. The molecule has 0 aliphatic heterocycles. The smallest absolute Gasteiger partial charge is 0.218 e. The lowest BCUT2D eigenvalue weighted by atomic mass is 10.2. The van der Waals surface area contributed by atoms with Gasteiger partial charge < -0.3 is 10.1 Å². The van der Waals surface area contributed by atoms with Crippen molar-refractivity contribution in [2.45, 2.75) is 6.54 Å². The van der Waals surface area contributed by atoms with Gasteiger partial charge in [0.1, 0.15) is 11.5 Å². The summed E-state index contributed by atoms with van der Waals surface area (Å²) >= 11 is 0. The highest BCUT2D eigenvalue weighted by atomic mass is 16.5. The van der Waals surface area contributed by atoms with Gasteiger partial charge in [0, 0.05) is 30.7 Å². The highest BCUT2D eigenvalue weighted by Crippen LogP contribution is 2.17. The van der Waals surface area contributed by atoms with Crippen LogP contribution >= 0.6 is 0 Å². The molecule has 3 aromatic rings. The van der Waals surface area contributed by atoms with Crippen molar-refractivity contribution >= 4 is 11.5 Å². The normalized spacial score (nSPS) is 10.6. The largest absolute Gasteiger partial charge is 0.481 e. The Balaban J connectivity index is 1.84. The lowest BCUT2D eigenvalue weighted by molar-refractivity contribution is 0.393. The summed E-state index contributed by atoms with van der Waals surface area (Å²) in [6.45, 7) is 0.647. The first-order chi connectivity index (χ1) is 9.38. The number of hydrogen-bond donors (Lipinski definition) is 1. The summed E-state index contributed by atoms with van der Waals surface area (Å²) in [6.07, 6.45) is 5.43. The van der Waals surface area contributed by atoms with Crippen LogP contribution < -0.4 is 10.1 Å². The third-order valence-electron chi connectivity index (χ3n) is 2.93. The number of fused-ring (bicyclic) bond motifs is 1. The number of pyridine rings is 2. The van der Waals surface area contributed by atoms with Crippen molar-refractivity contribution in [1.29, 1.82) is 0 Å². The van der Waals surface area contributed by atoms with Crippen molar-refractivity contribution in [2.24, 2.45) is 0 Å². The van der Waals surface area contributed by atoms with Crippen molar-refractivity contribution in [3.63, 3.8) is 0 Å². The summed E-state index contributed by atoms with van der Waals surface area (Å²) in [5.74, 6) is 1.63. The van der Waals surface area contributed by atoms with Gasteiger partial charge in [-0.05, 0) is 18.2 Å². The predicted molar refractivity (Wildman–Crippen MR) is 73.3 cm³/mol. The first-order valence-corrected chi connectivity index (χ1v) is 6.02. The molecule has 19 heavy (non-hydrogen) atoms. The summed E-state index contributed by atoms with van der Waals surface area (Å²) in [5.41, 5.74) is 1.94. The van der Waals surface area contributed by atoms with Crippen LogP contribution in [0.4, 0.5) is 5.82 Å². The lowest BCUT2D eigenvalue weighted by Gasteiger charge is -2.10. The van der Waals surface area contributed by atoms with E-state index in [2.05, 4.69) is 15.3 Å². The molecule has 0 saturated carbocycles. The van der Waals surface area contributed by atoms with E-state index in [0.717, 1.165) is 17.0 Å². The van der Waals surface area contributed by atoms with E-state index in [1.165, 1.54) is 0 Å². The van der Waals surface area contributed by atoms with Crippen molar-refractivity contribution < 1.29 is 4.74 Å². The molecule has 0 aliphatic rings. The average molecular weight is 254 g/mol. The number of rotatable bonds is 4. The zero-order valence-corrected chi connectivity index (χ0v) is 10.6. The fourth-order valence-corrected chi connectivity index (χ4v) is 2.02. The minimum Gasteiger partial charge on any atom is -0.481 e. The minimum atomic E-state index is 0.646. The molecule has 0 bridgehead atoms. The Kier molecular flexibility index (Phi) is 3.02. The van der Waals surface area contributed by atoms with E-state index in [1.807, 2.05) is 40.9 Å². The molecule has 0 fully saturated rings. The van der Waals surface area contributed by atoms with Gasteiger partial charge in [-0.25, -0.2) is 9.97 Å². The summed E-state index contributed by atoms with van der Waals surface area (Å²) in [7, 11) is 1.63. The van der Waals surface area contributed by atoms with E-state index in [1.54, 1.807) is 19.5 Å². The molecule has 0 aliphatic carbocycles. The fraction of sp³-hybridized carbons (Fsp3) is 0.143. The molecule has 3 aromatic heterocycles. The van der Waals surface area contributed by atoms with E-state index < -0.39 is 0 Å². The third kappa shape index (κ3) is 2.22. The zero-order valence-electron chi connectivity index (χ0n) is 10.6. The van der Waals surface area contributed by atoms with E-state index >= 15 is 0 Å². The summed E-state index contributed by atoms with van der Waals surface area (Å²) in [6, 6.07) is 9.85. The molecular weight excluding hydrogens is 240 g/mol. The highest BCUT2D eigenvalue weighted by Gasteiger charge is 2.04. The van der Waals surface area contributed by atoms with Gasteiger partial charge in [0.2, 0.25) is 5.88 Å². The number of imidazole rings is 1. The first kappa shape index (κ1) is 11.5. The predicted octanol–water partition coefficient (Wildman–Crippen LogP) is 2.35. The molecule has 96 valence electrons. The molecule has 0 radical (unpaired) electrons. The third-order valence-corrected chi connectivity index (χ3v) is 2.93. The van der Waals surface area contributed by atoms with Gasteiger partial charge in [0.05, 0.1) is 7.11 Å². The van der Waals surface area contributed by atoms with Crippen LogP contribution in [0.5, 0.6) is 5.88 Å². The van der Waals surface area contributed by atoms with Crippen LogP contribution in [0.1, 0.15) is 5.56 Å². The van der Waals surface area contributed by atoms with E-state index in [-0.39, 0.29) is 0 Å². The van der Waals surface area contributed by atoms with Gasteiger partial charge in [0.15, 0.2) is 0 Å². The second kappa shape index (κ2) is 4.97. The molecule has 1 N–H and O–H groups in total. The van der Waals surface area contributed by atoms with Crippen LogP contribution in [0.3, 0.4) is 0 Å². The van der Waals surface area contributed by atoms with Crippen LogP contribution in [0, 0.1) is 0 Å². The van der Waals surface area contributed by atoms with E-state index in [0.29, 0.717) is 12.4 Å². The topological polar surface area (TPSA) is 51.5 Å². The Morgan fingerprint density at radius 3 is 3.00 bits per heavy atom. The molecule has 5 heteroatoms. The molecular formula is C14H14N4O. The maximum absolute atomic E-state index is 5.24. The Labute approximate surface area is 110 Å². The molecule has 0 spiro atoms. The number of methoxy groups -OCH3 is 1. The van der Waals surface area contributed by atoms with Crippen molar-refractivity contribution in [2.75, 3.05) is 12.4 Å². The number of ether oxygens (including phenoxy) is 1. The second-order valence-electron chi connectivity index (χ2n) is 4.09. The number of nitrogens with one attached hydrogen (secondary N) is 1. The van der Waals surface area contributed by atoms with E-state index in [9.17, 15) is 0 Å². The van der Waals surface area contributed by atoms with Gasteiger partial charge in [-0.15, -0.1) is 0 Å². The van der Waals surface area contributed by atoms with Gasteiger partial charge in [-0.3, -0.25) is 4.40 Å². The Morgan fingerprint density at radius 2 is 2.11 bits per heavy atom. The van der Waals surface area contributed by atoms with E-state index in [4.69, 9.17) is 4.74 Å². The number of hydrogen-bond acceptors (Lipinski definition) is 4. The van der Waals surface area contributed by atoms with Crippen LogP contribution in [0.15, 0.2) is 48.9 Å². The maximum Gasteiger partial charge on any atom is 0.218 e. The average Bonchev–Trinajstić information content (AvgIpc) is 2.94. The lowest BCUT2D eigenvalue weighted by Crippen LogP contribution is -2.05. The Hall–Kier alpha value is -2.56. The molecule has 0 aromatic carbocycles. The highest BCUT2D eigenvalue weighted by molar-refractivity contribution is 5.50. The summed E-state index contributed by atoms with van der Waals surface area (Å²) < 4.78 is 7.24. The molecule has 0 atom stereocenters. The number of aromatic nitrogens is 3. The molecule has 3 rings (SSSR count). The van der Waals surface area contributed by atoms with Crippen LogP contribution in [0.2, 0.25) is 0 Å². The van der Waals surface area contributed by atoms with Crippen molar-refractivity contribution in [3.05, 3.63) is 54.5 Å². The quantitative estimate of drug-likeness (QED) is 0.776. The molecule has 0 amide bonds. The Bertz CT molecular complexity index is 692. The fourth-order valence-electron chi connectivity index (χ4n) is 2.02. The maximum atomic E-state index is 5.24. The van der Waals surface area contributed by atoms with Gasteiger partial charge in [0.25, 0.3) is 0 Å².